The van der Waals surface area contributed by atoms with E-state index in [0.717, 1.165) is 14.6 Å². The maximum Gasteiger partial charge on any atom is 0.127 e. The molecule has 0 saturated carbocycles. The lowest BCUT2D eigenvalue weighted by molar-refractivity contribution is 0.543. The Morgan fingerprint density at radius 3 is 2.74 bits per heavy atom. The summed E-state index contributed by atoms with van der Waals surface area (Å²) in [5.74, 6) is -0.207. The number of hydrogen-bond donors (Lipinski definition) is 1. The molecule has 2 nitrogen and oxygen atoms in total. The van der Waals surface area contributed by atoms with Gasteiger partial charge >= 0.3 is 0 Å². The van der Waals surface area contributed by atoms with Gasteiger partial charge in [-0.3, -0.25) is 4.98 Å². The SMILES string of the molecule is CNC(Cc1ccc(Br)cc1F)c1ncccc1Br. The second-order valence-corrected chi connectivity index (χ2v) is 5.92. The normalized spacial score (nSPS) is 12.4. The molecule has 0 bridgehead atoms. The van der Waals surface area contributed by atoms with Gasteiger partial charge in [0.25, 0.3) is 0 Å². The summed E-state index contributed by atoms with van der Waals surface area (Å²) in [5.41, 5.74) is 1.55. The molecular formula is C14H13Br2FN2. The Morgan fingerprint density at radius 2 is 2.11 bits per heavy atom. The van der Waals surface area contributed by atoms with E-state index in [2.05, 4.69) is 42.2 Å². The molecule has 0 aliphatic rings. The average Bonchev–Trinajstić information content (AvgIpc) is 2.39. The molecule has 1 unspecified atom stereocenters. The van der Waals surface area contributed by atoms with Crippen LogP contribution in [0.4, 0.5) is 4.39 Å². The molecule has 0 spiro atoms. The van der Waals surface area contributed by atoms with Crippen molar-refractivity contribution in [2.24, 2.45) is 0 Å². The van der Waals surface area contributed by atoms with Gasteiger partial charge in [0.1, 0.15) is 5.82 Å². The van der Waals surface area contributed by atoms with Gasteiger partial charge in [0, 0.05) is 15.1 Å². The molecule has 19 heavy (non-hydrogen) atoms. The third-order valence-corrected chi connectivity index (χ3v) is 4.07. The summed E-state index contributed by atoms with van der Waals surface area (Å²) < 4.78 is 15.5. The summed E-state index contributed by atoms with van der Waals surface area (Å²) in [6, 6.07) is 8.88. The monoisotopic (exact) mass is 386 g/mol. The Labute approximate surface area is 128 Å². The smallest absolute Gasteiger partial charge is 0.127 e. The van der Waals surface area contributed by atoms with Gasteiger partial charge in [-0.05, 0) is 59.2 Å². The number of nitrogens with zero attached hydrogens (tertiary/aromatic N) is 1. The van der Waals surface area contributed by atoms with E-state index in [1.54, 1.807) is 12.3 Å². The fourth-order valence-electron chi connectivity index (χ4n) is 1.90. The maximum atomic E-state index is 13.9. The molecule has 0 amide bonds. The molecule has 2 aromatic rings. The predicted molar refractivity (Wildman–Crippen MR) is 81.5 cm³/mol. The van der Waals surface area contributed by atoms with Gasteiger partial charge in [0.15, 0.2) is 0 Å². The molecular weight excluding hydrogens is 375 g/mol. The molecule has 0 saturated heterocycles. The number of benzene rings is 1. The molecule has 0 aliphatic heterocycles. The summed E-state index contributed by atoms with van der Waals surface area (Å²) in [4.78, 5) is 4.35. The van der Waals surface area contributed by atoms with Crippen LogP contribution >= 0.6 is 31.9 Å². The number of nitrogens with one attached hydrogen (secondary N) is 1. The standard InChI is InChI=1S/C14H13Br2FN2/c1-18-13(14-11(16)3-2-6-19-14)7-9-4-5-10(15)8-12(9)17/h2-6,8,13,18H,7H2,1H3. The second kappa shape index (κ2) is 6.59. The van der Waals surface area contributed by atoms with E-state index in [-0.39, 0.29) is 11.9 Å². The maximum absolute atomic E-state index is 13.9. The summed E-state index contributed by atoms with van der Waals surface area (Å²) >= 11 is 6.74. The molecule has 1 atom stereocenters. The molecule has 5 heteroatoms. The van der Waals surface area contributed by atoms with E-state index >= 15 is 0 Å². The van der Waals surface area contributed by atoms with Crippen LogP contribution in [-0.4, -0.2) is 12.0 Å². The van der Waals surface area contributed by atoms with Crippen LogP contribution in [0.5, 0.6) is 0 Å². The van der Waals surface area contributed by atoms with Crippen molar-refractivity contribution in [1.82, 2.24) is 10.3 Å². The van der Waals surface area contributed by atoms with Crippen molar-refractivity contribution in [2.45, 2.75) is 12.5 Å². The van der Waals surface area contributed by atoms with Crippen molar-refractivity contribution in [3.63, 3.8) is 0 Å². The van der Waals surface area contributed by atoms with Gasteiger partial charge in [-0.25, -0.2) is 4.39 Å². The van der Waals surface area contributed by atoms with Crippen molar-refractivity contribution >= 4 is 31.9 Å². The van der Waals surface area contributed by atoms with Crippen LogP contribution in [0.2, 0.25) is 0 Å². The highest BCUT2D eigenvalue weighted by Crippen LogP contribution is 2.25. The van der Waals surface area contributed by atoms with Crippen molar-refractivity contribution < 1.29 is 4.39 Å². The summed E-state index contributed by atoms with van der Waals surface area (Å²) in [6.45, 7) is 0. The van der Waals surface area contributed by atoms with Crippen LogP contribution in [-0.2, 0) is 6.42 Å². The zero-order valence-corrected chi connectivity index (χ0v) is 13.5. The number of rotatable bonds is 4. The number of hydrogen-bond acceptors (Lipinski definition) is 2. The number of likely N-dealkylation sites (N-methyl/N-ethyl adjacent to an activating group) is 1. The Balaban J connectivity index is 2.27. The first-order chi connectivity index (χ1) is 9.11. The lowest BCUT2D eigenvalue weighted by Gasteiger charge is -2.17. The topological polar surface area (TPSA) is 24.9 Å². The molecule has 1 aromatic heterocycles. The average molecular weight is 388 g/mol. The van der Waals surface area contributed by atoms with Gasteiger partial charge in [-0.1, -0.05) is 22.0 Å². The van der Waals surface area contributed by atoms with Gasteiger partial charge in [0.05, 0.1) is 11.7 Å². The van der Waals surface area contributed by atoms with Crippen LogP contribution in [0.25, 0.3) is 0 Å². The van der Waals surface area contributed by atoms with E-state index in [9.17, 15) is 4.39 Å². The third kappa shape index (κ3) is 3.61. The highest BCUT2D eigenvalue weighted by Gasteiger charge is 2.16. The fourth-order valence-corrected chi connectivity index (χ4v) is 2.76. The molecule has 1 N–H and O–H groups in total. The Kier molecular flexibility index (Phi) is 5.07. The summed E-state index contributed by atoms with van der Waals surface area (Å²) in [5, 5.41) is 3.18. The third-order valence-electron chi connectivity index (χ3n) is 2.90. The molecule has 100 valence electrons. The lowest BCUT2D eigenvalue weighted by atomic mass is 10.0. The van der Waals surface area contributed by atoms with Crippen molar-refractivity contribution in [3.05, 3.63) is 62.5 Å². The van der Waals surface area contributed by atoms with Gasteiger partial charge in [0.2, 0.25) is 0 Å². The first kappa shape index (κ1) is 14.6. The largest absolute Gasteiger partial charge is 0.311 e. The van der Waals surface area contributed by atoms with Crippen molar-refractivity contribution in [2.75, 3.05) is 7.05 Å². The molecule has 2 rings (SSSR count). The zero-order chi connectivity index (χ0) is 13.8. The summed E-state index contributed by atoms with van der Waals surface area (Å²) in [6.07, 6.45) is 2.29. The van der Waals surface area contributed by atoms with Crippen LogP contribution < -0.4 is 5.32 Å². The van der Waals surface area contributed by atoms with Crippen LogP contribution in [0.15, 0.2) is 45.5 Å². The first-order valence-corrected chi connectivity index (χ1v) is 7.42. The molecule has 0 fully saturated rings. The van der Waals surface area contributed by atoms with Gasteiger partial charge in [-0.15, -0.1) is 0 Å². The van der Waals surface area contributed by atoms with Crippen molar-refractivity contribution in [3.8, 4) is 0 Å². The van der Waals surface area contributed by atoms with Crippen LogP contribution in [0.3, 0.4) is 0 Å². The van der Waals surface area contributed by atoms with E-state index < -0.39 is 0 Å². The predicted octanol–water partition coefficient (Wildman–Crippen LogP) is 4.25. The molecule has 0 radical (unpaired) electrons. The van der Waals surface area contributed by atoms with E-state index in [0.29, 0.717) is 12.0 Å². The summed E-state index contributed by atoms with van der Waals surface area (Å²) in [7, 11) is 1.85. The highest BCUT2D eigenvalue weighted by atomic mass is 79.9. The Bertz CT molecular complexity index is 575. The van der Waals surface area contributed by atoms with Crippen molar-refractivity contribution in [1.29, 1.82) is 0 Å². The highest BCUT2D eigenvalue weighted by molar-refractivity contribution is 9.10. The number of pyridine rings is 1. The first-order valence-electron chi connectivity index (χ1n) is 5.83. The van der Waals surface area contributed by atoms with Crippen LogP contribution in [0.1, 0.15) is 17.3 Å². The van der Waals surface area contributed by atoms with Crippen LogP contribution in [0, 0.1) is 5.82 Å². The molecule has 1 aromatic carbocycles. The minimum absolute atomic E-state index is 0.0359. The van der Waals surface area contributed by atoms with E-state index in [4.69, 9.17) is 0 Å². The quantitative estimate of drug-likeness (QED) is 0.848. The lowest BCUT2D eigenvalue weighted by Crippen LogP contribution is -2.21. The minimum atomic E-state index is -0.207. The fraction of sp³-hybridized carbons (Fsp3) is 0.214. The molecule has 1 heterocycles. The van der Waals surface area contributed by atoms with E-state index in [1.807, 2.05) is 25.2 Å². The second-order valence-electron chi connectivity index (χ2n) is 4.15. The molecule has 0 aliphatic carbocycles. The van der Waals surface area contributed by atoms with Gasteiger partial charge in [-0.2, -0.15) is 0 Å². The van der Waals surface area contributed by atoms with E-state index in [1.165, 1.54) is 6.07 Å². The zero-order valence-electron chi connectivity index (χ0n) is 10.3. The number of halogens is 3. The Hall–Kier alpha value is -0.780. The Morgan fingerprint density at radius 1 is 1.32 bits per heavy atom. The number of aromatic nitrogens is 1. The minimum Gasteiger partial charge on any atom is -0.311 e. The van der Waals surface area contributed by atoms with Gasteiger partial charge < -0.3 is 5.32 Å².